The Morgan fingerprint density at radius 3 is 2.82 bits per heavy atom. The third kappa shape index (κ3) is 2.09. The van der Waals surface area contributed by atoms with Crippen LogP contribution in [-0.4, -0.2) is 25.5 Å². The van der Waals surface area contributed by atoms with Crippen molar-refractivity contribution < 1.29 is 4.79 Å². The van der Waals surface area contributed by atoms with Crippen LogP contribution in [0.2, 0.25) is 0 Å². The number of nitrogens with zero attached hydrogens (tertiary/aromatic N) is 3. The molecule has 4 rings (SSSR count). The zero-order valence-corrected chi connectivity index (χ0v) is 13.3. The van der Waals surface area contributed by atoms with Crippen molar-refractivity contribution >= 4 is 29.3 Å². The van der Waals surface area contributed by atoms with Crippen molar-refractivity contribution in [3.8, 4) is 0 Å². The number of amides is 1. The molecule has 22 heavy (non-hydrogen) atoms. The molecular formula is C16H17ClN4O. The molecule has 0 bridgehead atoms. The fourth-order valence-corrected chi connectivity index (χ4v) is 2.97. The lowest BCUT2D eigenvalue weighted by atomic mass is 10.2. The number of carbonyl (C=O) groups is 1. The Hall–Kier alpha value is -2.27. The van der Waals surface area contributed by atoms with Crippen LogP contribution < -0.4 is 0 Å². The highest BCUT2D eigenvalue weighted by Crippen LogP contribution is 2.28. The third-order valence-corrected chi connectivity index (χ3v) is 4.13. The molecule has 6 heteroatoms. The van der Waals surface area contributed by atoms with Crippen molar-refractivity contribution in [2.75, 3.05) is 0 Å². The molecule has 3 aromatic rings. The van der Waals surface area contributed by atoms with Crippen LogP contribution in [0.4, 0.5) is 4.79 Å². The largest absolute Gasteiger partial charge is 0.348 e. The van der Waals surface area contributed by atoms with Gasteiger partial charge in [0.2, 0.25) is 0 Å². The molecule has 0 atom stereocenters. The quantitative estimate of drug-likeness (QED) is 0.788. The van der Waals surface area contributed by atoms with E-state index in [2.05, 4.69) is 34.2 Å². The molecule has 5 nitrogen and oxygen atoms in total. The number of aromatic nitrogens is 3. The number of nitrogens with one attached hydrogen (secondary N) is 1. The number of fused-ring (bicyclic) bond motifs is 3. The summed E-state index contributed by atoms with van der Waals surface area (Å²) in [6.07, 6.45) is 1.67. The Labute approximate surface area is 134 Å². The first-order valence-electron chi connectivity index (χ1n) is 7.02. The Kier molecular flexibility index (Phi) is 3.45. The van der Waals surface area contributed by atoms with Crippen LogP contribution in [0.25, 0.3) is 10.9 Å². The fourth-order valence-electron chi connectivity index (χ4n) is 2.97. The van der Waals surface area contributed by atoms with E-state index in [0.29, 0.717) is 13.1 Å². The van der Waals surface area contributed by atoms with E-state index >= 15 is 0 Å². The summed E-state index contributed by atoms with van der Waals surface area (Å²) in [6, 6.07) is 8.36. The highest BCUT2D eigenvalue weighted by atomic mass is 35.5. The summed E-state index contributed by atoms with van der Waals surface area (Å²) in [7, 11) is 0. The standard InChI is InChI=1S/C16H16N4O.ClH/c1-10-3-4-12-6-13-7-19(8-14-11(2)17-9-18-14)16(21)20(13)15(12)5-10;/h3-6,9H,7-8H2,1-2H3,(H,17,18);1H. The van der Waals surface area contributed by atoms with Crippen LogP contribution in [0.1, 0.15) is 22.6 Å². The highest BCUT2D eigenvalue weighted by molar-refractivity contribution is 5.95. The van der Waals surface area contributed by atoms with Crippen LogP contribution in [0.5, 0.6) is 0 Å². The second kappa shape index (κ2) is 5.18. The molecule has 1 aliphatic heterocycles. The van der Waals surface area contributed by atoms with Crippen molar-refractivity contribution in [2.24, 2.45) is 0 Å². The maximum absolute atomic E-state index is 12.7. The lowest BCUT2D eigenvalue weighted by Gasteiger charge is -2.14. The summed E-state index contributed by atoms with van der Waals surface area (Å²) in [5.41, 5.74) is 5.15. The molecule has 1 N–H and O–H groups in total. The second-order valence-electron chi connectivity index (χ2n) is 5.65. The van der Waals surface area contributed by atoms with Gasteiger partial charge in [-0.1, -0.05) is 12.1 Å². The predicted molar refractivity (Wildman–Crippen MR) is 87.3 cm³/mol. The normalized spacial score (nSPS) is 13.5. The first-order valence-corrected chi connectivity index (χ1v) is 7.02. The van der Waals surface area contributed by atoms with Gasteiger partial charge in [0.15, 0.2) is 0 Å². The Balaban J connectivity index is 0.00000144. The van der Waals surface area contributed by atoms with Gasteiger partial charge in [0.25, 0.3) is 0 Å². The Morgan fingerprint density at radius 1 is 1.27 bits per heavy atom. The monoisotopic (exact) mass is 316 g/mol. The smallest absolute Gasteiger partial charge is 0.329 e. The van der Waals surface area contributed by atoms with Crippen molar-refractivity contribution in [3.05, 3.63) is 53.2 Å². The SMILES string of the molecule is Cc1ccc2cc3n(c2c1)C(=O)N(Cc1nc[nH]c1C)C3.Cl. The summed E-state index contributed by atoms with van der Waals surface area (Å²) in [6.45, 7) is 5.20. The number of aryl methyl sites for hydroxylation is 2. The Morgan fingerprint density at radius 2 is 2.09 bits per heavy atom. The van der Waals surface area contributed by atoms with E-state index in [1.54, 1.807) is 6.33 Å². The maximum atomic E-state index is 12.7. The summed E-state index contributed by atoms with van der Waals surface area (Å²) in [4.78, 5) is 21.8. The lowest BCUT2D eigenvalue weighted by Crippen LogP contribution is -2.26. The van der Waals surface area contributed by atoms with Gasteiger partial charge < -0.3 is 9.88 Å². The minimum absolute atomic E-state index is 0. The van der Waals surface area contributed by atoms with Gasteiger partial charge in [0, 0.05) is 16.8 Å². The van der Waals surface area contributed by atoms with E-state index in [0.717, 1.165) is 33.5 Å². The molecule has 0 unspecified atom stereocenters. The molecule has 1 amide bonds. The number of carbonyl (C=O) groups excluding carboxylic acids is 1. The fraction of sp³-hybridized carbons (Fsp3) is 0.250. The minimum Gasteiger partial charge on any atom is -0.348 e. The number of hydrogen-bond donors (Lipinski definition) is 1. The average molecular weight is 317 g/mol. The average Bonchev–Trinajstić information content (AvgIpc) is 3.08. The predicted octanol–water partition coefficient (Wildman–Crippen LogP) is 3.39. The van der Waals surface area contributed by atoms with E-state index in [1.807, 2.05) is 23.3 Å². The van der Waals surface area contributed by atoms with Crippen molar-refractivity contribution in [1.82, 2.24) is 19.4 Å². The van der Waals surface area contributed by atoms with Crippen molar-refractivity contribution in [1.29, 1.82) is 0 Å². The lowest BCUT2D eigenvalue weighted by molar-refractivity contribution is 0.207. The summed E-state index contributed by atoms with van der Waals surface area (Å²) >= 11 is 0. The molecule has 0 aliphatic carbocycles. The van der Waals surface area contributed by atoms with Crippen LogP contribution in [0.15, 0.2) is 30.6 Å². The molecule has 0 fully saturated rings. The molecule has 1 aromatic carbocycles. The number of benzene rings is 1. The zero-order chi connectivity index (χ0) is 14.6. The summed E-state index contributed by atoms with van der Waals surface area (Å²) < 4.78 is 1.82. The molecule has 0 saturated carbocycles. The van der Waals surface area contributed by atoms with Gasteiger partial charge in [-0.15, -0.1) is 12.4 Å². The van der Waals surface area contributed by atoms with E-state index in [1.165, 1.54) is 0 Å². The van der Waals surface area contributed by atoms with E-state index in [9.17, 15) is 4.79 Å². The molecule has 2 aromatic heterocycles. The van der Waals surface area contributed by atoms with Gasteiger partial charge in [0.1, 0.15) is 0 Å². The van der Waals surface area contributed by atoms with Gasteiger partial charge in [-0.25, -0.2) is 9.78 Å². The van der Waals surface area contributed by atoms with Crippen molar-refractivity contribution in [3.63, 3.8) is 0 Å². The van der Waals surface area contributed by atoms with Gasteiger partial charge in [-0.3, -0.25) is 4.57 Å². The number of aromatic amines is 1. The second-order valence-corrected chi connectivity index (χ2v) is 5.65. The first kappa shape index (κ1) is 14.7. The van der Waals surface area contributed by atoms with Crippen LogP contribution in [-0.2, 0) is 13.1 Å². The zero-order valence-electron chi connectivity index (χ0n) is 12.5. The van der Waals surface area contributed by atoms with E-state index in [4.69, 9.17) is 0 Å². The molecule has 0 spiro atoms. The topological polar surface area (TPSA) is 53.9 Å². The Bertz CT molecular complexity index is 864. The molecule has 1 aliphatic rings. The summed E-state index contributed by atoms with van der Waals surface area (Å²) in [5, 5.41) is 1.12. The number of H-pyrrole nitrogens is 1. The minimum atomic E-state index is 0. The highest BCUT2D eigenvalue weighted by Gasteiger charge is 2.29. The van der Waals surface area contributed by atoms with Crippen molar-refractivity contribution in [2.45, 2.75) is 26.9 Å². The number of rotatable bonds is 2. The van der Waals surface area contributed by atoms with Gasteiger partial charge in [-0.2, -0.15) is 0 Å². The number of hydrogen-bond acceptors (Lipinski definition) is 2. The molecular weight excluding hydrogens is 300 g/mol. The molecule has 3 heterocycles. The number of imidazole rings is 1. The van der Waals surface area contributed by atoms with Crippen LogP contribution >= 0.6 is 12.4 Å². The van der Waals surface area contributed by atoms with Gasteiger partial charge in [-0.05, 0) is 31.5 Å². The van der Waals surface area contributed by atoms with Crippen LogP contribution in [0, 0.1) is 13.8 Å². The first-order chi connectivity index (χ1) is 10.1. The van der Waals surface area contributed by atoms with Gasteiger partial charge >= 0.3 is 6.03 Å². The molecule has 114 valence electrons. The number of halogens is 1. The van der Waals surface area contributed by atoms with Crippen LogP contribution in [0.3, 0.4) is 0 Å². The summed E-state index contributed by atoms with van der Waals surface area (Å²) in [5.74, 6) is 0. The third-order valence-electron chi connectivity index (χ3n) is 4.13. The molecule has 0 saturated heterocycles. The van der Waals surface area contributed by atoms with Gasteiger partial charge in [0.05, 0.1) is 30.6 Å². The maximum Gasteiger partial charge on any atom is 0.329 e. The molecule has 0 radical (unpaired) electrons. The van der Waals surface area contributed by atoms with E-state index < -0.39 is 0 Å². The van der Waals surface area contributed by atoms with E-state index in [-0.39, 0.29) is 18.4 Å².